The number of hydrogen-bond acceptors (Lipinski definition) is 4. The average molecular weight is 311 g/mol. The van der Waals surface area contributed by atoms with Gasteiger partial charge in [0.05, 0.1) is 6.54 Å². The summed E-state index contributed by atoms with van der Waals surface area (Å²) in [7, 11) is 0. The Morgan fingerprint density at radius 3 is 2.65 bits per heavy atom. The molecule has 1 aromatic carbocycles. The van der Waals surface area contributed by atoms with Crippen LogP contribution in [0, 0.1) is 0 Å². The van der Waals surface area contributed by atoms with Gasteiger partial charge < -0.3 is 9.40 Å². The highest BCUT2D eigenvalue weighted by molar-refractivity contribution is 6.01. The van der Waals surface area contributed by atoms with Crippen LogP contribution in [0.15, 0.2) is 33.5 Å². The lowest BCUT2D eigenvalue weighted by Crippen LogP contribution is -2.28. The van der Waals surface area contributed by atoms with Crippen LogP contribution in [0.4, 0.5) is 0 Å². The minimum atomic E-state index is -0.187. The second-order valence-electron chi connectivity index (χ2n) is 6.33. The smallest absolute Gasteiger partial charge is 0.294 e. The zero-order valence-electron chi connectivity index (χ0n) is 13.2. The van der Waals surface area contributed by atoms with Crippen LogP contribution >= 0.6 is 0 Å². The second kappa shape index (κ2) is 6.16. The first-order valence-corrected chi connectivity index (χ1v) is 8.44. The van der Waals surface area contributed by atoms with Gasteiger partial charge in [-0.1, -0.05) is 31.4 Å². The topological polar surface area (TPSA) is 62.1 Å². The van der Waals surface area contributed by atoms with Gasteiger partial charge >= 0.3 is 0 Å². The lowest BCUT2D eigenvalue weighted by molar-refractivity contribution is 0.234. The molecule has 1 aliphatic rings. The molecule has 0 atom stereocenters. The van der Waals surface area contributed by atoms with Gasteiger partial charge in [0.1, 0.15) is 16.9 Å². The molecule has 1 N–H and O–H groups in total. The minimum Gasteiger partial charge on any atom is -0.449 e. The van der Waals surface area contributed by atoms with E-state index in [-0.39, 0.29) is 5.56 Å². The Morgan fingerprint density at radius 2 is 1.83 bits per heavy atom. The molecule has 120 valence electrons. The van der Waals surface area contributed by atoms with E-state index < -0.39 is 0 Å². The molecule has 1 aliphatic heterocycles. The summed E-state index contributed by atoms with van der Waals surface area (Å²) in [4.78, 5) is 22.3. The SMILES string of the molecule is O=c1[nH]c(CN2CCCCCCC2)nc2c1oc1ccccc12. The highest BCUT2D eigenvalue weighted by Gasteiger charge is 2.15. The summed E-state index contributed by atoms with van der Waals surface area (Å²) < 4.78 is 5.64. The molecular formula is C18H21N3O2. The fourth-order valence-corrected chi connectivity index (χ4v) is 3.41. The highest BCUT2D eigenvalue weighted by atomic mass is 16.3. The van der Waals surface area contributed by atoms with E-state index in [4.69, 9.17) is 4.42 Å². The predicted molar refractivity (Wildman–Crippen MR) is 90.5 cm³/mol. The van der Waals surface area contributed by atoms with E-state index in [1.165, 1.54) is 32.1 Å². The van der Waals surface area contributed by atoms with Crippen molar-refractivity contribution in [3.8, 4) is 0 Å². The van der Waals surface area contributed by atoms with Gasteiger partial charge in [0.2, 0.25) is 5.58 Å². The maximum Gasteiger partial charge on any atom is 0.294 e. The third-order valence-corrected chi connectivity index (χ3v) is 4.60. The van der Waals surface area contributed by atoms with Gasteiger partial charge in [-0.3, -0.25) is 9.69 Å². The molecule has 0 amide bonds. The third kappa shape index (κ3) is 2.88. The molecule has 3 aromatic rings. The molecule has 5 nitrogen and oxygen atoms in total. The lowest BCUT2D eigenvalue weighted by Gasteiger charge is -2.23. The first-order chi connectivity index (χ1) is 11.3. The molecule has 1 saturated heterocycles. The van der Waals surface area contributed by atoms with Crippen LogP contribution in [0.25, 0.3) is 22.1 Å². The predicted octanol–water partition coefficient (Wildman–Crippen LogP) is 3.44. The summed E-state index contributed by atoms with van der Waals surface area (Å²) in [6, 6.07) is 7.67. The normalized spacial score (nSPS) is 17.4. The Bertz CT molecular complexity index is 873. The Kier molecular flexibility index (Phi) is 3.87. The number of furan rings is 1. The molecule has 2 aromatic heterocycles. The van der Waals surface area contributed by atoms with E-state index >= 15 is 0 Å². The monoisotopic (exact) mass is 311 g/mol. The number of fused-ring (bicyclic) bond motifs is 3. The molecule has 1 fully saturated rings. The number of hydrogen-bond donors (Lipinski definition) is 1. The van der Waals surface area contributed by atoms with Crippen molar-refractivity contribution < 1.29 is 4.42 Å². The number of aromatic nitrogens is 2. The number of benzene rings is 1. The highest BCUT2D eigenvalue weighted by Crippen LogP contribution is 2.24. The number of nitrogens with one attached hydrogen (secondary N) is 1. The quantitative estimate of drug-likeness (QED) is 0.787. The van der Waals surface area contributed by atoms with Crippen LogP contribution in [-0.4, -0.2) is 28.0 Å². The Morgan fingerprint density at radius 1 is 1.09 bits per heavy atom. The van der Waals surface area contributed by atoms with Gasteiger partial charge in [-0.15, -0.1) is 0 Å². The van der Waals surface area contributed by atoms with Crippen LogP contribution in [0.2, 0.25) is 0 Å². The van der Waals surface area contributed by atoms with E-state index in [2.05, 4.69) is 14.9 Å². The van der Waals surface area contributed by atoms with Crippen LogP contribution in [0.5, 0.6) is 0 Å². The van der Waals surface area contributed by atoms with Gasteiger partial charge in [-0.05, 0) is 38.1 Å². The summed E-state index contributed by atoms with van der Waals surface area (Å²) in [6.07, 6.45) is 6.38. The lowest BCUT2D eigenvalue weighted by atomic mass is 10.1. The maximum absolute atomic E-state index is 12.3. The molecule has 3 heterocycles. The van der Waals surface area contributed by atoms with Crippen molar-refractivity contribution >= 4 is 22.1 Å². The van der Waals surface area contributed by atoms with Gasteiger partial charge in [0.15, 0.2) is 0 Å². The summed E-state index contributed by atoms with van der Waals surface area (Å²) in [5, 5.41) is 0.905. The molecule has 0 saturated carbocycles. The van der Waals surface area contributed by atoms with Crippen LogP contribution in [0.3, 0.4) is 0 Å². The number of rotatable bonds is 2. The van der Waals surface area contributed by atoms with Crippen molar-refractivity contribution in [3.05, 3.63) is 40.4 Å². The van der Waals surface area contributed by atoms with Gasteiger partial charge in [0.25, 0.3) is 5.56 Å². The van der Waals surface area contributed by atoms with Gasteiger partial charge in [0, 0.05) is 5.39 Å². The molecular weight excluding hydrogens is 290 g/mol. The average Bonchev–Trinajstić information content (AvgIpc) is 2.89. The Balaban J connectivity index is 1.69. The van der Waals surface area contributed by atoms with Crippen molar-refractivity contribution in [1.29, 1.82) is 0 Å². The zero-order valence-corrected chi connectivity index (χ0v) is 13.2. The van der Waals surface area contributed by atoms with E-state index in [1.807, 2.05) is 24.3 Å². The fourth-order valence-electron chi connectivity index (χ4n) is 3.41. The first kappa shape index (κ1) is 14.5. The summed E-state index contributed by atoms with van der Waals surface area (Å²) in [5.74, 6) is 0.731. The summed E-state index contributed by atoms with van der Waals surface area (Å²) in [5.41, 5.74) is 1.52. The summed E-state index contributed by atoms with van der Waals surface area (Å²) >= 11 is 0. The second-order valence-corrected chi connectivity index (χ2v) is 6.33. The van der Waals surface area contributed by atoms with E-state index in [9.17, 15) is 4.79 Å². The molecule has 4 rings (SSSR count). The standard InChI is InChI=1S/C18H21N3O2/c22-18-17-16(13-8-4-5-9-14(13)23-17)19-15(20-18)12-21-10-6-2-1-3-7-11-21/h4-5,8-9H,1-3,6-7,10-12H2,(H,19,20,22). The zero-order chi connectivity index (χ0) is 15.6. The van der Waals surface area contributed by atoms with Crippen molar-refractivity contribution in [2.24, 2.45) is 0 Å². The van der Waals surface area contributed by atoms with Gasteiger partial charge in [-0.25, -0.2) is 4.98 Å². The first-order valence-electron chi connectivity index (χ1n) is 8.44. The van der Waals surface area contributed by atoms with Crippen LogP contribution in [-0.2, 0) is 6.54 Å². The van der Waals surface area contributed by atoms with E-state index in [0.29, 0.717) is 23.2 Å². The Labute approximate surface area is 134 Å². The largest absolute Gasteiger partial charge is 0.449 e. The molecule has 0 radical (unpaired) electrons. The fraction of sp³-hybridized carbons (Fsp3) is 0.444. The van der Waals surface area contributed by atoms with Gasteiger partial charge in [-0.2, -0.15) is 0 Å². The molecule has 0 bridgehead atoms. The number of H-pyrrole nitrogens is 1. The minimum absolute atomic E-state index is 0.187. The molecule has 0 spiro atoms. The number of aromatic amines is 1. The number of nitrogens with zero attached hydrogens (tertiary/aromatic N) is 2. The van der Waals surface area contributed by atoms with Crippen molar-refractivity contribution in [1.82, 2.24) is 14.9 Å². The number of likely N-dealkylation sites (tertiary alicyclic amines) is 1. The van der Waals surface area contributed by atoms with Crippen LogP contribution < -0.4 is 5.56 Å². The van der Waals surface area contributed by atoms with Crippen molar-refractivity contribution in [2.75, 3.05) is 13.1 Å². The van der Waals surface area contributed by atoms with Crippen molar-refractivity contribution in [2.45, 2.75) is 38.6 Å². The molecule has 5 heteroatoms. The Hall–Kier alpha value is -2.14. The van der Waals surface area contributed by atoms with E-state index in [1.54, 1.807) is 0 Å². The summed E-state index contributed by atoms with van der Waals surface area (Å²) in [6.45, 7) is 2.85. The third-order valence-electron chi connectivity index (χ3n) is 4.60. The maximum atomic E-state index is 12.3. The number of para-hydroxylation sites is 1. The molecule has 23 heavy (non-hydrogen) atoms. The molecule has 0 aliphatic carbocycles. The van der Waals surface area contributed by atoms with Crippen LogP contribution in [0.1, 0.15) is 37.9 Å². The van der Waals surface area contributed by atoms with E-state index in [0.717, 1.165) is 24.3 Å². The van der Waals surface area contributed by atoms with Crippen molar-refractivity contribution in [3.63, 3.8) is 0 Å². The molecule has 0 unspecified atom stereocenters.